The van der Waals surface area contributed by atoms with Gasteiger partial charge in [-0.15, -0.1) is 11.6 Å². The van der Waals surface area contributed by atoms with Crippen molar-refractivity contribution in [2.24, 2.45) is 4.99 Å². The van der Waals surface area contributed by atoms with E-state index in [9.17, 15) is 0 Å². The van der Waals surface area contributed by atoms with Crippen LogP contribution in [0, 0.1) is 0 Å². The Balaban J connectivity index is 2.11. The lowest BCUT2D eigenvalue weighted by Gasteiger charge is -2.21. The van der Waals surface area contributed by atoms with Crippen molar-refractivity contribution in [3.8, 4) is 0 Å². The quantitative estimate of drug-likeness (QED) is 0.752. The zero-order valence-corrected chi connectivity index (χ0v) is 8.37. The molecule has 0 spiro atoms. The predicted molar refractivity (Wildman–Crippen MR) is 56.6 cm³/mol. The maximum Gasteiger partial charge on any atom is 0.152 e. The molecule has 2 rings (SSSR count). The van der Waals surface area contributed by atoms with Gasteiger partial charge < -0.3 is 0 Å². The summed E-state index contributed by atoms with van der Waals surface area (Å²) in [5.74, 6) is 1.23. The third-order valence-corrected chi connectivity index (χ3v) is 2.34. The molecule has 0 amide bonds. The fraction of sp³-hybridized carbons (Fsp3) is 0.300. The van der Waals surface area contributed by atoms with Gasteiger partial charge >= 0.3 is 0 Å². The fourth-order valence-electron chi connectivity index (χ4n) is 1.23. The van der Waals surface area contributed by atoms with Crippen LogP contribution in [0.2, 0.25) is 0 Å². The summed E-state index contributed by atoms with van der Waals surface area (Å²) in [6.45, 7) is 0.612. The van der Waals surface area contributed by atoms with Crippen molar-refractivity contribution in [1.29, 1.82) is 0 Å². The van der Waals surface area contributed by atoms with Crippen molar-refractivity contribution >= 4 is 17.4 Å². The van der Waals surface area contributed by atoms with Crippen molar-refractivity contribution in [3.05, 3.63) is 35.9 Å². The van der Waals surface area contributed by atoms with Crippen LogP contribution in [0.1, 0.15) is 5.56 Å². The van der Waals surface area contributed by atoms with E-state index in [1.807, 2.05) is 30.3 Å². The van der Waals surface area contributed by atoms with Gasteiger partial charge in [0.2, 0.25) is 0 Å². The number of hydrogen-bond donors (Lipinski definition) is 1. The van der Waals surface area contributed by atoms with Gasteiger partial charge in [0.1, 0.15) is 6.10 Å². The molecular formula is C10H11ClN2O. The number of hydroxylamine groups is 1. The Labute approximate surface area is 87.7 Å². The van der Waals surface area contributed by atoms with Crippen LogP contribution in [0.15, 0.2) is 35.3 Å². The zero-order valence-electron chi connectivity index (χ0n) is 7.61. The summed E-state index contributed by atoms with van der Waals surface area (Å²) in [6, 6.07) is 9.86. The number of hydrogen-bond acceptors (Lipinski definition) is 3. The molecule has 14 heavy (non-hydrogen) atoms. The minimum Gasteiger partial charge on any atom is -0.268 e. The number of benzene rings is 1. The molecule has 1 heterocycles. The predicted octanol–water partition coefficient (Wildman–Crippen LogP) is 1.58. The van der Waals surface area contributed by atoms with Crippen LogP contribution in [0.5, 0.6) is 0 Å². The van der Waals surface area contributed by atoms with Gasteiger partial charge in [-0.1, -0.05) is 30.3 Å². The Kier molecular flexibility index (Phi) is 3.01. The SMILES string of the molecule is ClC[C@@H]1CN=C(c2ccccc2)NO1. The first kappa shape index (κ1) is 9.49. The van der Waals surface area contributed by atoms with Gasteiger partial charge in [-0.05, 0) is 0 Å². The minimum absolute atomic E-state index is 0.0240. The van der Waals surface area contributed by atoms with Crippen LogP contribution < -0.4 is 5.48 Å². The van der Waals surface area contributed by atoms with Crippen molar-refractivity contribution in [2.45, 2.75) is 6.10 Å². The molecule has 1 atom stereocenters. The molecule has 0 bridgehead atoms. The highest BCUT2D eigenvalue weighted by Gasteiger charge is 2.15. The van der Waals surface area contributed by atoms with Crippen LogP contribution in [-0.4, -0.2) is 24.4 Å². The molecule has 4 heteroatoms. The number of nitrogens with zero attached hydrogens (tertiary/aromatic N) is 1. The summed E-state index contributed by atoms with van der Waals surface area (Å²) in [4.78, 5) is 9.63. The highest BCUT2D eigenvalue weighted by Crippen LogP contribution is 2.06. The van der Waals surface area contributed by atoms with E-state index >= 15 is 0 Å². The molecule has 0 fully saturated rings. The monoisotopic (exact) mass is 210 g/mol. The molecule has 1 aromatic carbocycles. The molecule has 0 saturated heterocycles. The van der Waals surface area contributed by atoms with Gasteiger partial charge in [0.25, 0.3) is 0 Å². The minimum atomic E-state index is -0.0240. The smallest absolute Gasteiger partial charge is 0.152 e. The van der Waals surface area contributed by atoms with Crippen LogP contribution in [0.3, 0.4) is 0 Å². The molecule has 0 aliphatic carbocycles. The maximum atomic E-state index is 5.64. The van der Waals surface area contributed by atoms with E-state index in [-0.39, 0.29) is 6.10 Å². The van der Waals surface area contributed by atoms with Crippen LogP contribution >= 0.6 is 11.6 Å². The largest absolute Gasteiger partial charge is 0.268 e. The van der Waals surface area contributed by atoms with Gasteiger partial charge in [-0.25, -0.2) is 5.48 Å². The number of aliphatic imine (C=N–C) groups is 1. The van der Waals surface area contributed by atoms with Crippen LogP contribution in [-0.2, 0) is 4.84 Å². The first-order valence-electron chi connectivity index (χ1n) is 4.47. The Morgan fingerprint density at radius 2 is 2.21 bits per heavy atom. The van der Waals surface area contributed by atoms with Gasteiger partial charge in [-0.3, -0.25) is 9.83 Å². The summed E-state index contributed by atoms with van der Waals surface area (Å²) in [6.07, 6.45) is -0.0240. The van der Waals surface area contributed by atoms with Crippen molar-refractivity contribution in [1.82, 2.24) is 5.48 Å². The number of amidine groups is 1. The van der Waals surface area contributed by atoms with E-state index in [4.69, 9.17) is 16.4 Å². The number of nitrogens with one attached hydrogen (secondary N) is 1. The zero-order chi connectivity index (χ0) is 9.80. The van der Waals surface area contributed by atoms with E-state index in [0.717, 1.165) is 11.4 Å². The van der Waals surface area contributed by atoms with Crippen molar-refractivity contribution in [3.63, 3.8) is 0 Å². The second-order valence-corrected chi connectivity index (χ2v) is 3.36. The third kappa shape index (κ3) is 2.05. The Bertz CT molecular complexity index is 326. The Morgan fingerprint density at radius 1 is 1.43 bits per heavy atom. The summed E-state index contributed by atoms with van der Waals surface area (Å²) < 4.78 is 0. The van der Waals surface area contributed by atoms with Gasteiger partial charge in [0, 0.05) is 5.56 Å². The van der Waals surface area contributed by atoms with Gasteiger partial charge in [-0.2, -0.15) is 0 Å². The first-order chi connectivity index (χ1) is 6.90. The number of rotatable bonds is 2. The topological polar surface area (TPSA) is 33.6 Å². The standard InChI is InChI=1S/C10H11ClN2O/c11-6-9-7-12-10(13-14-9)8-4-2-1-3-5-8/h1-5,9H,6-7H2,(H,12,13)/t9-/m1/s1. The lowest BCUT2D eigenvalue weighted by molar-refractivity contribution is 0.0205. The second-order valence-electron chi connectivity index (χ2n) is 3.05. The third-order valence-electron chi connectivity index (χ3n) is 1.99. The molecule has 0 unspecified atom stereocenters. The average molecular weight is 211 g/mol. The molecule has 1 aliphatic rings. The lowest BCUT2D eigenvalue weighted by atomic mass is 10.2. The van der Waals surface area contributed by atoms with Gasteiger partial charge in [0.05, 0.1) is 12.4 Å². The summed E-state index contributed by atoms with van der Waals surface area (Å²) >= 11 is 5.64. The second kappa shape index (κ2) is 4.44. The lowest BCUT2D eigenvalue weighted by Crippen LogP contribution is -2.38. The van der Waals surface area contributed by atoms with E-state index in [0.29, 0.717) is 12.4 Å². The van der Waals surface area contributed by atoms with Gasteiger partial charge in [0.15, 0.2) is 5.84 Å². The van der Waals surface area contributed by atoms with Crippen LogP contribution in [0.4, 0.5) is 0 Å². The Morgan fingerprint density at radius 3 is 2.79 bits per heavy atom. The fourth-order valence-corrected chi connectivity index (χ4v) is 1.39. The van der Waals surface area contributed by atoms with Crippen molar-refractivity contribution in [2.75, 3.05) is 12.4 Å². The molecule has 74 valence electrons. The molecule has 1 aromatic rings. The highest BCUT2D eigenvalue weighted by molar-refractivity contribution is 6.18. The van der Waals surface area contributed by atoms with E-state index < -0.39 is 0 Å². The molecule has 1 aliphatic heterocycles. The van der Waals surface area contributed by atoms with Crippen LogP contribution in [0.25, 0.3) is 0 Å². The summed E-state index contributed by atoms with van der Waals surface area (Å²) in [5.41, 5.74) is 3.83. The Hall–Kier alpha value is -1.06. The normalized spacial score (nSPS) is 21.2. The maximum absolute atomic E-state index is 5.64. The summed E-state index contributed by atoms with van der Waals surface area (Å²) in [5, 5.41) is 0. The number of halogens is 1. The molecule has 0 saturated carbocycles. The number of alkyl halides is 1. The molecule has 3 nitrogen and oxygen atoms in total. The average Bonchev–Trinajstić information content (AvgIpc) is 2.30. The van der Waals surface area contributed by atoms with Crippen molar-refractivity contribution < 1.29 is 4.84 Å². The van der Waals surface area contributed by atoms with E-state index in [2.05, 4.69) is 10.5 Å². The summed E-state index contributed by atoms with van der Waals surface area (Å²) in [7, 11) is 0. The van der Waals surface area contributed by atoms with E-state index in [1.54, 1.807) is 0 Å². The first-order valence-corrected chi connectivity index (χ1v) is 5.01. The highest BCUT2D eigenvalue weighted by atomic mass is 35.5. The molecule has 0 radical (unpaired) electrons. The molecular weight excluding hydrogens is 200 g/mol. The van der Waals surface area contributed by atoms with E-state index in [1.165, 1.54) is 0 Å². The molecule has 0 aromatic heterocycles. The molecule has 1 N–H and O–H groups in total.